The largest absolute Gasteiger partial charge is 0.494 e. The SMILES string of the molecule is COc1cc([N+](=O)[O-])ccc1NC(=O)CSc1ccc(C#N)cc1. The number of methoxy groups -OCH3 is 1. The van der Waals surface area contributed by atoms with Gasteiger partial charge in [-0.3, -0.25) is 14.9 Å². The van der Waals surface area contributed by atoms with E-state index >= 15 is 0 Å². The first kappa shape index (κ1) is 17.3. The lowest BCUT2D eigenvalue weighted by Gasteiger charge is -2.10. The standard InChI is InChI=1S/C16H13N3O4S/c1-23-15-8-12(19(21)22)4-7-14(15)18-16(20)10-24-13-5-2-11(9-17)3-6-13/h2-8H,10H2,1H3,(H,18,20). The van der Waals surface area contributed by atoms with Crippen molar-refractivity contribution in [3.8, 4) is 11.8 Å². The number of nitro benzene ring substituents is 1. The van der Waals surface area contributed by atoms with Gasteiger partial charge in [0.1, 0.15) is 5.75 Å². The number of hydrogen-bond acceptors (Lipinski definition) is 6. The molecule has 2 rings (SSSR count). The van der Waals surface area contributed by atoms with Crippen molar-refractivity contribution in [2.24, 2.45) is 0 Å². The second-order valence-electron chi connectivity index (χ2n) is 4.61. The molecule has 0 aliphatic heterocycles. The van der Waals surface area contributed by atoms with Crippen molar-refractivity contribution < 1.29 is 14.5 Å². The first-order valence-electron chi connectivity index (χ1n) is 6.78. The molecule has 2 aromatic carbocycles. The van der Waals surface area contributed by atoms with Crippen LogP contribution in [0.5, 0.6) is 5.75 Å². The normalized spacial score (nSPS) is 9.83. The highest BCUT2D eigenvalue weighted by atomic mass is 32.2. The molecule has 2 aromatic rings. The van der Waals surface area contributed by atoms with Crippen molar-refractivity contribution >= 4 is 29.0 Å². The highest BCUT2D eigenvalue weighted by Crippen LogP contribution is 2.29. The van der Waals surface area contributed by atoms with Crippen LogP contribution in [-0.2, 0) is 4.79 Å². The summed E-state index contributed by atoms with van der Waals surface area (Å²) in [5, 5.41) is 22.1. The predicted molar refractivity (Wildman–Crippen MR) is 90.2 cm³/mol. The van der Waals surface area contributed by atoms with Crippen LogP contribution in [0.2, 0.25) is 0 Å². The van der Waals surface area contributed by atoms with Crippen molar-refractivity contribution in [1.82, 2.24) is 0 Å². The fraction of sp³-hybridized carbons (Fsp3) is 0.125. The van der Waals surface area contributed by atoms with E-state index in [9.17, 15) is 14.9 Å². The van der Waals surface area contributed by atoms with E-state index in [-0.39, 0.29) is 23.1 Å². The lowest BCUT2D eigenvalue weighted by atomic mass is 10.2. The van der Waals surface area contributed by atoms with Crippen molar-refractivity contribution in [2.75, 3.05) is 18.2 Å². The van der Waals surface area contributed by atoms with E-state index in [2.05, 4.69) is 5.32 Å². The van der Waals surface area contributed by atoms with Crippen LogP contribution in [-0.4, -0.2) is 23.7 Å². The zero-order valence-corrected chi connectivity index (χ0v) is 13.5. The Morgan fingerprint density at radius 1 is 1.33 bits per heavy atom. The van der Waals surface area contributed by atoms with Gasteiger partial charge in [-0.2, -0.15) is 5.26 Å². The zero-order chi connectivity index (χ0) is 17.5. The van der Waals surface area contributed by atoms with Crippen molar-refractivity contribution in [2.45, 2.75) is 4.90 Å². The van der Waals surface area contributed by atoms with Gasteiger partial charge in [0.2, 0.25) is 5.91 Å². The molecule has 0 radical (unpaired) electrons. The van der Waals surface area contributed by atoms with E-state index in [0.717, 1.165) is 4.90 Å². The van der Waals surface area contributed by atoms with Crippen LogP contribution in [0.3, 0.4) is 0 Å². The van der Waals surface area contributed by atoms with Gasteiger partial charge in [0, 0.05) is 11.0 Å². The lowest BCUT2D eigenvalue weighted by Crippen LogP contribution is -2.14. The monoisotopic (exact) mass is 343 g/mol. The number of benzene rings is 2. The highest BCUT2D eigenvalue weighted by Gasteiger charge is 2.13. The van der Waals surface area contributed by atoms with Gasteiger partial charge < -0.3 is 10.1 Å². The third-order valence-electron chi connectivity index (χ3n) is 3.02. The second kappa shape index (κ2) is 7.99. The van der Waals surface area contributed by atoms with Crippen LogP contribution in [0.4, 0.5) is 11.4 Å². The van der Waals surface area contributed by atoms with Gasteiger partial charge in [0.15, 0.2) is 0 Å². The topological polar surface area (TPSA) is 105 Å². The molecule has 1 amide bonds. The third kappa shape index (κ3) is 4.47. The van der Waals surface area contributed by atoms with Gasteiger partial charge in [-0.1, -0.05) is 0 Å². The van der Waals surface area contributed by atoms with Crippen molar-refractivity contribution in [3.63, 3.8) is 0 Å². The molecule has 0 heterocycles. The Morgan fingerprint density at radius 3 is 2.62 bits per heavy atom. The summed E-state index contributed by atoms with van der Waals surface area (Å²) in [6.07, 6.45) is 0. The summed E-state index contributed by atoms with van der Waals surface area (Å²) in [6.45, 7) is 0. The second-order valence-corrected chi connectivity index (χ2v) is 5.66. The van der Waals surface area contributed by atoms with Gasteiger partial charge in [-0.05, 0) is 30.3 Å². The smallest absolute Gasteiger partial charge is 0.273 e. The molecule has 0 unspecified atom stereocenters. The van der Waals surface area contributed by atoms with E-state index in [0.29, 0.717) is 11.3 Å². The Labute approximate surface area is 142 Å². The summed E-state index contributed by atoms with van der Waals surface area (Å²) in [7, 11) is 1.38. The number of hydrogen-bond donors (Lipinski definition) is 1. The number of ether oxygens (including phenoxy) is 1. The zero-order valence-electron chi connectivity index (χ0n) is 12.7. The maximum absolute atomic E-state index is 12.0. The Hall–Kier alpha value is -3.05. The number of anilines is 1. The molecule has 0 bridgehead atoms. The molecule has 0 atom stereocenters. The minimum absolute atomic E-state index is 0.114. The molecule has 0 fully saturated rings. The number of nitriles is 1. The summed E-state index contributed by atoms with van der Waals surface area (Å²) in [5.74, 6) is 0.115. The molecule has 8 heteroatoms. The Balaban J connectivity index is 1.99. The summed E-state index contributed by atoms with van der Waals surface area (Å²) in [5.41, 5.74) is 0.810. The van der Waals surface area contributed by atoms with Crippen LogP contribution in [0.15, 0.2) is 47.4 Å². The minimum Gasteiger partial charge on any atom is -0.494 e. The number of rotatable bonds is 6. The van der Waals surface area contributed by atoms with Crippen LogP contribution >= 0.6 is 11.8 Å². The lowest BCUT2D eigenvalue weighted by molar-refractivity contribution is -0.384. The van der Waals surface area contributed by atoms with Gasteiger partial charge in [0.25, 0.3) is 5.69 Å². The Kier molecular flexibility index (Phi) is 5.76. The fourth-order valence-corrected chi connectivity index (χ4v) is 2.56. The van der Waals surface area contributed by atoms with Crippen LogP contribution in [0.25, 0.3) is 0 Å². The average molecular weight is 343 g/mol. The first-order chi connectivity index (χ1) is 11.5. The van der Waals surface area contributed by atoms with Crippen molar-refractivity contribution in [1.29, 1.82) is 5.26 Å². The van der Waals surface area contributed by atoms with E-state index in [4.69, 9.17) is 10.00 Å². The Morgan fingerprint density at radius 2 is 2.04 bits per heavy atom. The molecule has 0 saturated heterocycles. The number of nitrogens with one attached hydrogen (secondary N) is 1. The maximum atomic E-state index is 12.0. The van der Waals surface area contributed by atoms with E-state index in [1.807, 2.05) is 6.07 Å². The molecular formula is C16H13N3O4S. The first-order valence-corrected chi connectivity index (χ1v) is 7.77. The minimum atomic E-state index is -0.533. The summed E-state index contributed by atoms with van der Waals surface area (Å²) < 4.78 is 5.07. The molecule has 1 N–H and O–H groups in total. The van der Waals surface area contributed by atoms with Gasteiger partial charge in [-0.25, -0.2) is 0 Å². The predicted octanol–water partition coefficient (Wildman–Crippen LogP) is 3.21. The molecule has 0 saturated carbocycles. The molecule has 0 aliphatic rings. The van der Waals surface area contributed by atoms with E-state index < -0.39 is 4.92 Å². The quantitative estimate of drug-likeness (QED) is 0.490. The van der Waals surface area contributed by atoms with Crippen LogP contribution in [0, 0.1) is 21.4 Å². The number of non-ortho nitro benzene ring substituents is 1. The highest BCUT2D eigenvalue weighted by molar-refractivity contribution is 8.00. The van der Waals surface area contributed by atoms with Gasteiger partial charge in [-0.15, -0.1) is 11.8 Å². The number of nitro groups is 1. The molecule has 0 aromatic heterocycles. The van der Waals surface area contributed by atoms with Gasteiger partial charge >= 0.3 is 0 Å². The number of thioether (sulfide) groups is 1. The summed E-state index contributed by atoms with van der Waals surface area (Å²) >= 11 is 1.32. The fourth-order valence-electron chi connectivity index (χ4n) is 1.86. The molecule has 0 aliphatic carbocycles. The molecule has 122 valence electrons. The van der Waals surface area contributed by atoms with Crippen molar-refractivity contribution in [3.05, 3.63) is 58.1 Å². The van der Waals surface area contributed by atoms with E-state index in [1.165, 1.54) is 37.1 Å². The Bertz CT molecular complexity index is 800. The third-order valence-corrected chi connectivity index (χ3v) is 4.04. The maximum Gasteiger partial charge on any atom is 0.273 e. The summed E-state index contributed by atoms with van der Waals surface area (Å²) in [6, 6.07) is 12.9. The number of nitrogens with zero attached hydrogens (tertiary/aromatic N) is 2. The molecule has 0 spiro atoms. The molecule has 24 heavy (non-hydrogen) atoms. The number of carbonyl (C=O) groups is 1. The number of carbonyl (C=O) groups excluding carboxylic acids is 1. The van der Waals surface area contributed by atoms with E-state index in [1.54, 1.807) is 24.3 Å². The molecule has 7 nitrogen and oxygen atoms in total. The van der Waals surface area contributed by atoms with Gasteiger partial charge in [0.05, 0.1) is 41.2 Å². The molecular weight excluding hydrogens is 330 g/mol. The number of amides is 1. The summed E-state index contributed by atoms with van der Waals surface area (Å²) in [4.78, 5) is 23.1. The average Bonchev–Trinajstić information content (AvgIpc) is 2.60. The van der Waals surface area contributed by atoms with Crippen LogP contribution < -0.4 is 10.1 Å². The van der Waals surface area contributed by atoms with Crippen LogP contribution in [0.1, 0.15) is 5.56 Å².